The van der Waals surface area contributed by atoms with Crippen molar-refractivity contribution in [2.45, 2.75) is 13.0 Å². The summed E-state index contributed by atoms with van der Waals surface area (Å²) in [6.45, 7) is 0.511. The highest BCUT2D eigenvalue weighted by Crippen LogP contribution is 2.14. The predicted octanol–water partition coefficient (Wildman–Crippen LogP) is -4.53. The van der Waals surface area contributed by atoms with E-state index in [-0.39, 0.29) is 53.1 Å². The number of aliphatic hydroxyl groups is 1. The van der Waals surface area contributed by atoms with Crippen LogP contribution in [-0.4, -0.2) is 24.8 Å². The van der Waals surface area contributed by atoms with E-state index in [0.29, 0.717) is 0 Å². The number of fused-ring (bicyclic) bond motifs is 1. The number of hydrogen-bond donors (Lipinski definition) is 1. The van der Waals surface area contributed by atoms with Crippen molar-refractivity contribution < 1.29 is 58.2 Å². The summed E-state index contributed by atoms with van der Waals surface area (Å²) in [4.78, 5) is 14.1. The lowest BCUT2D eigenvalue weighted by Gasteiger charge is -1.92. The first kappa shape index (κ1) is 23.1. The van der Waals surface area contributed by atoms with Crippen molar-refractivity contribution in [2.75, 3.05) is 13.7 Å². The molecule has 9 heteroatoms. The van der Waals surface area contributed by atoms with Crippen LogP contribution in [-0.2, 0) is 22.5 Å². The van der Waals surface area contributed by atoms with Crippen molar-refractivity contribution in [3.05, 3.63) is 46.4 Å². The molecule has 3 aromatic rings. The number of thiazole rings is 2. The Hall–Kier alpha value is -0.870. The van der Waals surface area contributed by atoms with Gasteiger partial charge in [0.05, 0.1) is 25.5 Å². The molecule has 2 N–H and O–H groups in total. The molecule has 3 rings (SSSR count). The highest BCUT2D eigenvalue weighted by atomic mass is 79.9. The molecule has 0 amide bonds. The second-order valence-electron chi connectivity index (χ2n) is 4.36. The minimum absolute atomic E-state index is 0. The molecule has 0 bridgehead atoms. The molecular weight excluding hydrogens is 480 g/mol. The summed E-state index contributed by atoms with van der Waals surface area (Å²) in [6, 6.07) is 7.98. The zero-order chi connectivity index (χ0) is 15.8. The third kappa shape index (κ3) is 6.94. The number of carbonyl (C=O) groups is 1. The molecule has 5 nitrogen and oxygen atoms in total. The molecule has 0 aliphatic carbocycles. The first-order valence-electron chi connectivity index (χ1n) is 6.72. The highest BCUT2D eigenvalue weighted by molar-refractivity contribution is 7.16. The Morgan fingerprint density at radius 1 is 1.29 bits per heavy atom. The molecule has 0 saturated heterocycles. The van der Waals surface area contributed by atoms with Crippen LogP contribution in [0.2, 0.25) is 0 Å². The third-order valence-electron chi connectivity index (χ3n) is 2.87. The van der Waals surface area contributed by atoms with Crippen LogP contribution in [0.25, 0.3) is 10.2 Å². The zero-order valence-electron chi connectivity index (χ0n) is 12.9. The Morgan fingerprint density at radius 3 is 2.67 bits per heavy atom. The smallest absolute Gasteiger partial charge is 0.372 e. The third-order valence-corrected chi connectivity index (χ3v) is 4.71. The van der Waals surface area contributed by atoms with E-state index in [0.717, 1.165) is 16.9 Å². The Bertz CT molecular complexity index is 720. The number of benzene rings is 1. The van der Waals surface area contributed by atoms with Crippen LogP contribution in [0.4, 0.5) is 0 Å². The van der Waals surface area contributed by atoms with Gasteiger partial charge in [0, 0.05) is 6.07 Å². The first-order chi connectivity index (χ1) is 10.7. The molecular formula is C15H18Br2N2O3S2. The molecule has 0 saturated carbocycles. The number of rotatable bonds is 4. The van der Waals surface area contributed by atoms with E-state index in [4.69, 9.17) is 5.11 Å². The van der Waals surface area contributed by atoms with E-state index in [1.165, 1.54) is 11.8 Å². The van der Waals surface area contributed by atoms with Crippen molar-refractivity contribution >= 4 is 38.9 Å². The molecule has 0 spiro atoms. The number of aliphatic hydroxyl groups excluding tert-OH is 1. The summed E-state index contributed by atoms with van der Waals surface area (Å²) in [5, 5.41) is 11.5. The maximum absolute atomic E-state index is 11.1. The van der Waals surface area contributed by atoms with Gasteiger partial charge in [0.15, 0.2) is 6.20 Å². The first-order valence-corrected chi connectivity index (χ1v) is 8.48. The van der Waals surface area contributed by atoms with Crippen LogP contribution < -0.4 is 43.5 Å². The van der Waals surface area contributed by atoms with Crippen molar-refractivity contribution in [3.8, 4) is 0 Å². The number of nitrogens with zero attached hydrogens (tertiary/aromatic N) is 1. The van der Waals surface area contributed by atoms with Gasteiger partial charge in [0.1, 0.15) is 4.70 Å². The van der Waals surface area contributed by atoms with E-state index in [2.05, 4.69) is 9.72 Å². The lowest BCUT2D eigenvalue weighted by molar-refractivity contribution is -0.655. The quantitative estimate of drug-likeness (QED) is 0.292. The molecule has 24 heavy (non-hydrogen) atoms. The molecule has 0 fully saturated rings. The van der Waals surface area contributed by atoms with Crippen molar-refractivity contribution in [1.82, 2.24) is 0 Å². The van der Waals surface area contributed by atoms with Crippen LogP contribution >= 0.6 is 22.7 Å². The van der Waals surface area contributed by atoms with Gasteiger partial charge in [0.25, 0.3) is 0 Å². The van der Waals surface area contributed by atoms with E-state index in [9.17, 15) is 4.79 Å². The van der Waals surface area contributed by atoms with Crippen molar-refractivity contribution in [3.63, 3.8) is 0 Å². The van der Waals surface area contributed by atoms with Crippen LogP contribution in [0, 0.1) is 0 Å². The fourth-order valence-electron chi connectivity index (χ4n) is 1.81. The zero-order valence-corrected chi connectivity index (χ0v) is 17.8. The number of halogens is 2. The van der Waals surface area contributed by atoms with Gasteiger partial charge in [-0.05, 0) is 6.07 Å². The van der Waals surface area contributed by atoms with Gasteiger partial charge < -0.3 is 43.8 Å². The van der Waals surface area contributed by atoms with Crippen molar-refractivity contribution in [2.24, 2.45) is 0 Å². The average Bonchev–Trinajstić information content (AvgIpc) is 3.19. The second kappa shape index (κ2) is 12.5. The molecule has 2 heterocycles. The lowest BCUT2D eigenvalue weighted by atomic mass is 10.3. The van der Waals surface area contributed by atoms with Gasteiger partial charge in [-0.2, -0.15) is 4.57 Å². The number of ether oxygens (including phenoxy) is 1. The van der Waals surface area contributed by atoms with Gasteiger partial charge >= 0.3 is 5.97 Å². The minimum Gasteiger partial charge on any atom is -1.00 e. The second-order valence-corrected chi connectivity index (χ2v) is 6.24. The average molecular weight is 498 g/mol. The van der Waals surface area contributed by atoms with Gasteiger partial charge in [-0.1, -0.05) is 34.8 Å². The van der Waals surface area contributed by atoms with Gasteiger partial charge in [-0.15, -0.1) is 0 Å². The van der Waals surface area contributed by atoms with E-state index >= 15 is 0 Å². The largest absolute Gasteiger partial charge is 1.00 e. The number of nitrogens with one attached hydrogen (secondary N) is 1. The number of H-pyrrole nitrogens is 1. The van der Waals surface area contributed by atoms with Gasteiger partial charge in [0.2, 0.25) is 22.6 Å². The molecule has 0 aliphatic rings. The van der Waals surface area contributed by atoms with Crippen LogP contribution in [0.5, 0.6) is 0 Å². The predicted molar refractivity (Wildman–Crippen MR) is 85.7 cm³/mol. The highest BCUT2D eigenvalue weighted by Gasteiger charge is 2.14. The molecule has 1 aromatic carbocycles. The monoisotopic (exact) mass is 496 g/mol. The molecule has 0 unspecified atom stereocenters. The molecule has 0 aliphatic heterocycles. The topological polar surface area (TPSA) is 64.5 Å². The number of hydrogen-bond acceptors (Lipinski definition) is 5. The van der Waals surface area contributed by atoms with Crippen molar-refractivity contribution in [1.29, 1.82) is 0 Å². The van der Waals surface area contributed by atoms with E-state index < -0.39 is 0 Å². The maximum Gasteiger partial charge on any atom is 0.372 e. The summed E-state index contributed by atoms with van der Waals surface area (Å²) in [5.74, 6) is -0.224. The Morgan fingerprint density at radius 2 is 2.04 bits per heavy atom. The number of carbonyl (C=O) groups excluding carboxylic acids is 1. The molecule has 0 radical (unpaired) electrons. The van der Waals surface area contributed by atoms with Gasteiger partial charge in [-0.3, -0.25) is 0 Å². The number of esters is 1. The Labute approximate surface area is 169 Å². The summed E-state index contributed by atoms with van der Waals surface area (Å²) >= 11 is 3.25. The summed E-state index contributed by atoms with van der Waals surface area (Å²) in [7, 11) is 1.40. The number of para-hydroxylation sites is 1. The van der Waals surface area contributed by atoms with E-state index in [1.54, 1.807) is 22.7 Å². The molecule has 2 aromatic heterocycles. The maximum atomic E-state index is 11.1. The molecule has 132 valence electrons. The van der Waals surface area contributed by atoms with Crippen LogP contribution in [0.15, 0.2) is 41.4 Å². The van der Waals surface area contributed by atoms with Crippen LogP contribution in [0.3, 0.4) is 0 Å². The van der Waals surface area contributed by atoms with E-state index in [1.807, 2.05) is 45.9 Å². The number of aromatic amines is 1. The minimum atomic E-state index is -0.224. The molecule has 0 atom stereocenters. The SMILES string of the molecule is COC(=O)C[n+]1csc2ccccc21.OCCc1[nH+]ccs1.[Br-].[Br-]. The lowest BCUT2D eigenvalue weighted by Crippen LogP contribution is -3.00. The summed E-state index contributed by atoms with van der Waals surface area (Å²) in [6.07, 6.45) is 2.62. The Kier molecular flexibility index (Phi) is 12.0. The fourth-order valence-corrected chi connectivity index (χ4v) is 3.34. The standard InChI is InChI=1S/C10H10NO2S.C5H7NOS.2BrH/c1-13-10(12)6-11-7-14-9-5-3-2-4-8(9)11;7-3-1-5-6-2-4-8-5;;/h2-5,7H,6H2,1H3;2,4,7H,1,3H2;2*1H/q+1;;;/p-1. The van der Waals surface area contributed by atoms with Gasteiger partial charge in [-0.25, -0.2) is 9.78 Å². The summed E-state index contributed by atoms with van der Waals surface area (Å²) in [5.41, 5.74) is 3.00. The fraction of sp³-hybridized carbons (Fsp3) is 0.267. The Balaban J connectivity index is 0.000000460. The normalized spacial score (nSPS) is 9.25. The van der Waals surface area contributed by atoms with Crippen LogP contribution in [0.1, 0.15) is 5.01 Å². The summed E-state index contributed by atoms with van der Waals surface area (Å²) < 4.78 is 7.69. The number of aromatic nitrogens is 2. The number of methoxy groups -OCH3 is 1.